The summed E-state index contributed by atoms with van der Waals surface area (Å²) in [5.41, 5.74) is 1.61. The molecule has 2 nitrogen and oxygen atoms in total. The molecule has 0 fully saturated rings. The van der Waals surface area contributed by atoms with Crippen molar-refractivity contribution in [2.75, 3.05) is 25.5 Å². The second-order valence-corrected chi connectivity index (χ2v) is 4.91. The number of nitrogens with zero attached hydrogens (tertiary/aromatic N) is 1. The van der Waals surface area contributed by atoms with Crippen LogP contribution < -0.4 is 10.2 Å². The zero-order valence-corrected chi connectivity index (χ0v) is 11.9. The van der Waals surface area contributed by atoms with Crippen LogP contribution >= 0.6 is 11.6 Å². The van der Waals surface area contributed by atoms with Gasteiger partial charge in [0.05, 0.1) is 6.42 Å². The number of nitrogens with one attached hydrogen (secondary N) is 1. The van der Waals surface area contributed by atoms with Gasteiger partial charge in [0.25, 0.3) is 0 Å². The normalized spacial score (nSPS) is 13.4. The number of hydrogen-bond acceptors (Lipinski definition) is 2. The Hall–Kier alpha value is -0.940. The lowest BCUT2D eigenvalue weighted by Crippen LogP contribution is -2.24. The molecule has 1 rings (SSSR count). The third-order valence-corrected chi connectivity index (χ3v) is 3.38. The largest absolute Gasteiger partial charge is 0.390 e. The maximum atomic E-state index is 12.2. The molecule has 0 bridgehead atoms. The van der Waals surface area contributed by atoms with Gasteiger partial charge in [0.2, 0.25) is 0 Å². The molecule has 1 atom stereocenters. The minimum Gasteiger partial charge on any atom is -0.374 e. The van der Waals surface area contributed by atoms with Gasteiger partial charge < -0.3 is 10.2 Å². The van der Waals surface area contributed by atoms with Crippen molar-refractivity contribution in [3.05, 3.63) is 28.8 Å². The lowest BCUT2D eigenvalue weighted by atomic mass is 10.1. The summed E-state index contributed by atoms with van der Waals surface area (Å²) in [5.74, 6) is 0. The minimum absolute atomic E-state index is 0.0826. The first-order valence-corrected chi connectivity index (χ1v) is 6.37. The molecule has 0 amide bonds. The molecule has 0 saturated carbocycles. The Morgan fingerprint density at radius 3 is 2.47 bits per heavy atom. The van der Waals surface area contributed by atoms with Crippen molar-refractivity contribution < 1.29 is 13.2 Å². The smallest absolute Gasteiger partial charge is 0.374 e. The fourth-order valence-corrected chi connectivity index (χ4v) is 2.02. The van der Waals surface area contributed by atoms with Gasteiger partial charge in [0.1, 0.15) is 0 Å². The van der Waals surface area contributed by atoms with E-state index in [1.807, 2.05) is 20.0 Å². The highest BCUT2D eigenvalue weighted by Crippen LogP contribution is 2.28. The van der Waals surface area contributed by atoms with Gasteiger partial charge in [-0.2, -0.15) is 13.2 Å². The summed E-state index contributed by atoms with van der Waals surface area (Å²) in [4.78, 5) is 1.55. The maximum Gasteiger partial charge on any atom is 0.390 e. The number of halogens is 4. The lowest BCUT2D eigenvalue weighted by Gasteiger charge is -2.22. The molecule has 0 aromatic heterocycles. The highest BCUT2D eigenvalue weighted by Gasteiger charge is 2.27. The van der Waals surface area contributed by atoms with Crippen molar-refractivity contribution in [1.29, 1.82) is 0 Å². The van der Waals surface area contributed by atoms with Crippen LogP contribution in [-0.2, 0) is 0 Å². The number of alkyl halides is 3. The van der Waals surface area contributed by atoms with E-state index in [1.165, 1.54) is 0 Å². The number of benzene rings is 1. The van der Waals surface area contributed by atoms with Crippen LogP contribution in [0.2, 0.25) is 5.02 Å². The van der Waals surface area contributed by atoms with E-state index in [0.717, 1.165) is 5.56 Å². The first kappa shape index (κ1) is 16.1. The standard InChI is InChI=1S/C13H18ClF3N2/c1-9(18-2)11-5-4-10(8-12(11)14)19(3)7-6-13(15,16)17/h4-5,8-9,18H,6-7H2,1-3H3. The molecule has 0 aliphatic heterocycles. The Morgan fingerprint density at radius 1 is 1.37 bits per heavy atom. The van der Waals surface area contributed by atoms with Crippen LogP contribution in [0, 0.1) is 0 Å². The van der Waals surface area contributed by atoms with Gasteiger partial charge in [-0.05, 0) is 31.7 Å². The molecule has 0 aliphatic carbocycles. The highest BCUT2D eigenvalue weighted by molar-refractivity contribution is 6.31. The molecular formula is C13H18ClF3N2. The van der Waals surface area contributed by atoms with Gasteiger partial charge in [-0.25, -0.2) is 0 Å². The van der Waals surface area contributed by atoms with Crippen molar-refractivity contribution in [2.24, 2.45) is 0 Å². The molecule has 1 unspecified atom stereocenters. The zero-order valence-electron chi connectivity index (χ0n) is 11.2. The predicted molar refractivity (Wildman–Crippen MR) is 72.9 cm³/mol. The Balaban J connectivity index is 2.77. The average Bonchev–Trinajstić information content (AvgIpc) is 2.34. The first-order valence-electron chi connectivity index (χ1n) is 5.99. The van der Waals surface area contributed by atoms with E-state index in [9.17, 15) is 13.2 Å². The number of rotatable bonds is 5. The van der Waals surface area contributed by atoms with Gasteiger partial charge in [-0.3, -0.25) is 0 Å². The number of hydrogen-bond donors (Lipinski definition) is 1. The summed E-state index contributed by atoms with van der Waals surface area (Å²) in [6.45, 7) is 1.88. The van der Waals surface area contributed by atoms with Crippen molar-refractivity contribution in [1.82, 2.24) is 5.32 Å². The van der Waals surface area contributed by atoms with Crippen molar-refractivity contribution in [3.63, 3.8) is 0 Å². The molecule has 1 aromatic rings. The SMILES string of the molecule is CNC(C)c1ccc(N(C)CCC(F)(F)F)cc1Cl. The molecule has 0 heterocycles. The highest BCUT2D eigenvalue weighted by atomic mass is 35.5. The monoisotopic (exact) mass is 294 g/mol. The van der Waals surface area contributed by atoms with Crippen molar-refractivity contribution >= 4 is 17.3 Å². The fourth-order valence-electron chi connectivity index (χ4n) is 1.68. The summed E-state index contributed by atoms with van der Waals surface area (Å²) in [5, 5.41) is 3.62. The molecule has 0 aliphatic rings. The van der Waals surface area contributed by atoms with Gasteiger partial charge >= 0.3 is 6.18 Å². The summed E-state index contributed by atoms with van der Waals surface area (Å²) in [6, 6.07) is 5.41. The predicted octanol–water partition coefficient (Wildman–Crippen LogP) is 4.01. The molecule has 1 N–H and O–H groups in total. The van der Waals surface area contributed by atoms with Crippen molar-refractivity contribution in [3.8, 4) is 0 Å². The summed E-state index contributed by atoms with van der Waals surface area (Å²) >= 11 is 6.15. The Morgan fingerprint density at radius 2 is 2.00 bits per heavy atom. The molecule has 0 spiro atoms. The average molecular weight is 295 g/mol. The van der Waals surface area contributed by atoms with Crippen LogP contribution in [-0.4, -0.2) is 26.8 Å². The molecular weight excluding hydrogens is 277 g/mol. The van der Waals surface area contributed by atoms with Gasteiger partial charge in [-0.1, -0.05) is 17.7 Å². The van der Waals surface area contributed by atoms with Gasteiger partial charge in [0.15, 0.2) is 0 Å². The van der Waals surface area contributed by atoms with Crippen LogP contribution in [0.25, 0.3) is 0 Å². The molecule has 1 aromatic carbocycles. The van der Waals surface area contributed by atoms with Crippen molar-refractivity contribution in [2.45, 2.75) is 25.6 Å². The minimum atomic E-state index is -4.14. The fraction of sp³-hybridized carbons (Fsp3) is 0.538. The van der Waals surface area contributed by atoms with E-state index in [-0.39, 0.29) is 12.6 Å². The summed E-state index contributed by atoms with van der Waals surface area (Å²) in [6.07, 6.45) is -4.98. The summed E-state index contributed by atoms with van der Waals surface area (Å²) < 4.78 is 36.5. The Kier molecular flexibility index (Phi) is 5.50. The topological polar surface area (TPSA) is 15.3 Å². The Bertz CT molecular complexity index is 421. The third-order valence-electron chi connectivity index (χ3n) is 3.06. The van der Waals surface area contributed by atoms with E-state index in [4.69, 9.17) is 11.6 Å². The van der Waals surface area contributed by atoms with E-state index < -0.39 is 12.6 Å². The van der Waals surface area contributed by atoms with E-state index >= 15 is 0 Å². The second-order valence-electron chi connectivity index (χ2n) is 4.50. The Labute approximate surface area is 116 Å². The van der Waals surface area contributed by atoms with E-state index in [0.29, 0.717) is 10.7 Å². The molecule has 0 saturated heterocycles. The van der Waals surface area contributed by atoms with Crippen LogP contribution in [0.5, 0.6) is 0 Å². The van der Waals surface area contributed by atoms with Gasteiger partial charge in [0, 0.05) is 30.3 Å². The molecule has 108 valence electrons. The molecule has 0 radical (unpaired) electrons. The van der Waals surface area contributed by atoms with Crippen LogP contribution in [0.15, 0.2) is 18.2 Å². The zero-order chi connectivity index (χ0) is 14.6. The lowest BCUT2D eigenvalue weighted by molar-refractivity contribution is -0.132. The van der Waals surface area contributed by atoms with Crippen LogP contribution in [0.3, 0.4) is 0 Å². The van der Waals surface area contributed by atoms with E-state index in [1.54, 1.807) is 24.1 Å². The maximum absolute atomic E-state index is 12.2. The van der Waals surface area contributed by atoms with Crippen LogP contribution in [0.1, 0.15) is 24.9 Å². The second kappa shape index (κ2) is 6.48. The summed E-state index contributed by atoms with van der Waals surface area (Å²) in [7, 11) is 3.45. The van der Waals surface area contributed by atoms with Crippen LogP contribution in [0.4, 0.5) is 18.9 Å². The molecule has 6 heteroatoms. The quantitative estimate of drug-likeness (QED) is 0.883. The van der Waals surface area contributed by atoms with E-state index in [2.05, 4.69) is 5.32 Å². The number of anilines is 1. The first-order chi connectivity index (χ1) is 8.74. The third kappa shape index (κ3) is 4.91. The molecule has 19 heavy (non-hydrogen) atoms. The van der Waals surface area contributed by atoms with Gasteiger partial charge in [-0.15, -0.1) is 0 Å².